The molecule has 136 valence electrons. The molecule has 0 saturated heterocycles. The highest BCUT2D eigenvalue weighted by Crippen LogP contribution is 2.29. The van der Waals surface area contributed by atoms with Crippen LogP contribution in [0, 0.1) is 13.8 Å². The molecule has 0 aliphatic rings. The first kappa shape index (κ1) is 19.0. The van der Waals surface area contributed by atoms with Crippen LogP contribution in [0.2, 0.25) is 0 Å². The van der Waals surface area contributed by atoms with E-state index in [4.69, 9.17) is 0 Å². The molecular weight excluding hydrogens is 359 g/mol. The highest BCUT2D eigenvalue weighted by atomic mass is 32.1. The van der Waals surface area contributed by atoms with Crippen molar-refractivity contribution < 1.29 is 27.5 Å². The van der Waals surface area contributed by atoms with E-state index in [0.29, 0.717) is 10.7 Å². The summed E-state index contributed by atoms with van der Waals surface area (Å²) in [6.45, 7) is 3.25. The lowest BCUT2D eigenvalue weighted by Crippen LogP contribution is -2.17. The predicted molar refractivity (Wildman–Crippen MR) is 85.6 cm³/mol. The molecule has 10 heteroatoms. The number of carbonyl (C=O) groups is 2. The summed E-state index contributed by atoms with van der Waals surface area (Å²) >= 11 is 1.21. The van der Waals surface area contributed by atoms with Crippen molar-refractivity contribution in [2.75, 3.05) is 12.4 Å². The maximum atomic E-state index is 12.6. The highest BCUT2D eigenvalue weighted by molar-refractivity contribution is 7.16. The van der Waals surface area contributed by atoms with Crippen molar-refractivity contribution in [1.29, 1.82) is 0 Å². The number of methoxy groups -OCH3 is 1. The maximum absolute atomic E-state index is 12.6. The Labute approximate surface area is 145 Å². The minimum atomic E-state index is -4.53. The lowest BCUT2D eigenvalue weighted by Gasteiger charge is -2.07. The van der Waals surface area contributed by atoms with Gasteiger partial charge in [-0.25, -0.2) is 4.79 Å². The number of hydrogen-bond donors (Lipinski definition) is 1. The van der Waals surface area contributed by atoms with Gasteiger partial charge in [0.05, 0.1) is 12.7 Å². The number of aromatic nitrogens is 2. The molecule has 1 amide bonds. The van der Waals surface area contributed by atoms with Crippen LogP contribution in [0.3, 0.4) is 0 Å². The Morgan fingerprint density at radius 3 is 2.56 bits per heavy atom. The Hall–Kier alpha value is -2.36. The van der Waals surface area contributed by atoms with Crippen molar-refractivity contribution in [1.82, 2.24) is 9.78 Å². The summed E-state index contributed by atoms with van der Waals surface area (Å²) in [5.74, 6) is -1.01. The van der Waals surface area contributed by atoms with Crippen molar-refractivity contribution in [2.24, 2.45) is 0 Å². The molecule has 2 rings (SSSR count). The first-order chi connectivity index (χ1) is 11.6. The van der Waals surface area contributed by atoms with E-state index in [0.717, 1.165) is 15.6 Å². The van der Waals surface area contributed by atoms with Gasteiger partial charge in [-0.1, -0.05) is 0 Å². The summed E-state index contributed by atoms with van der Waals surface area (Å²) in [5.41, 5.74) is -0.442. The summed E-state index contributed by atoms with van der Waals surface area (Å²) < 4.78 is 43.7. The Morgan fingerprint density at radius 1 is 1.32 bits per heavy atom. The van der Waals surface area contributed by atoms with Gasteiger partial charge in [0.15, 0.2) is 5.69 Å². The number of ether oxygens (including phenoxy) is 1. The Morgan fingerprint density at radius 2 is 2.00 bits per heavy atom. The first-order valence-electron chi connectivity index (χ1n) is 7.22. The third-order valence-electron chi connectivity index (χ3n) is 3.34. The van der Waals surface area contributed by atoms with Crippen LogP contribution in [0.4, 0.5) is 18.2 Å². The van der Waals surface area contributed by atoms with E-state index in [1.807, 2.05) is 0 Å². The van der Waals surface area contributed by atoms with Crippen molar-refractivity contribution in [2.45, 2.75) is 33.0 Å². The van der Waals surface area contributed by atoms with Gasteiger partial charge in [0, 0.05) is 23.5 Å². The molecule has 1 N–H and O–H groups in total. The molecule has 2 heterocycles. The minimum Gasteiger partial charge on any atom is -0.465 e. The number of anilines is 1. The second kappa shape index (κ2) is 7.26. The molecule has 25 heavy (non-hydrogen) atoms. The lowest BCUT2D eigenvalue weighted by atomic mass is 10.3. The van der Waals surface area contributed by atoms with Crippen LogP contribution in [-0.4, -0.2) is 28.8 Å². The van der Waals surface area contributed by atoms with Gasteiger partial charge in [0.1, 0.15) is 5.00 Å². The van der Waals surface area contributed by atoms with Crippen molar-refractivity contribution in [3.05, 3.63) is 34.0 Å². The zero-order valence-corrected chi connectivity index (χ0v) is 14.5. The van der Waals surface area contributed by atoms with E-state index >= 15 is 0 Å². The molecular formula is C15H16F3N3O3S. The molecule has 0 aliphatic carbocycles. The molecule has 0 radical (unpaired) electrons. The van der Waals surface area contributed by atoms with Gasteiger partial charge in [-0.05, 0) is 26.0 Å². The fourth-order valence-corrected chi connectivity index (χ4v) is 3.06. The highest BCUT2D eigenvalue weighted by Gasteiger charge is 2.34. The average molecular weight is 375 g/mol. The molecule has 0 bridgehead atoms. The van der Waals surface area contributed by atoms with Gasteiger partial charge < -0.3 is 10.1 Å². The molecule has 0 aliphatic heterocycles. The van der Waals surface area contributed by atoms with Crippen LogP contribution < -0.4 is 5.32 Å². The summed E-state index contributed by atoms with van der Waals surface area (Å²) in [5, 5.41) is 6.40. The van der Waals surface area contributed by atoms with Crippen molar-refractivity contribution in [3.63, 3.8) is 0 Å². The lowest BCUT2D eigenvalue weighted by molar-refractivity contribution is -0.141. The van der Waals surface area contributed by atoms with Crippen LogP contribution in [-0.2, 0) is 22.3 Å². The number of esters is 1. The smallest absolute Gasteiger partial charge is 0.435 e. The number of hydrogen-bond acceptors (Lipinski definition) is 5. The third kappa shape index (κ3) is 4.59. The van der Waals surface area contributed by atoms with E-state index < -0.39 is 23.7 Å². The van der Waals surface area contributed by atoms with Gasteiger partial charge >= 0.3 is 12.1 Å². The Balaban J connectivity index is 2.03. The summed E-state index contributed by atoms with van der Waals surface area (Å²) in [6, 6.07) is 2.52. The van der Waals surface area contributed by atoms with E-state index in [-0.39, 0.29) is 18.5 Å². The molecule has 0 saturated carbocycles. The standard InChI is InChI=1S/C15H16F3N3O3S/c1-8-6-11(15(16,17)18)20-21(8)5-4-12(22)19-13-10(14(23)24-3)7-9(2)25-13/h6-7H,4-5H2,1-3H3,(H,19,22). The number of carbonyl (C=O) groups excluding carboxylic acids is 2. The van der Waals surface area contributed by atoms with Gasteiger partial charge in [0.2, 0.25) is 5.91 Å². The topological polar surface area (TPSA) is 73.2 Å². The molecule has 0 atom stereocenters. The summed E-state index contributed by atoms with van der Waals surface area (Å²) in [6.07, 6.45) is -4.61. The van der Waals surface area contributed by atoms with E-state index in [9.17, 15) is 22.8 Å². The van der Waals surface area contributed by atoms with E-state index in [1.165, 1.54) is 25.4 Å². The Kier molecular flexibility index (Phi) is 5.51. The molecule has 0 fully saturated rings. The van der Waals surface area contributed by atoms with E-state index in [2.05, 4.69) is 15.2 Å². The fraction of sp³-hybridized carbons (Fsp3) is 0.400. The maximum Gasteiger partial charge on any atom is 0.435 e. The average Bonchev–Trinajstić information content (AvgIpc) is 3.07. The molecule has 0 spiro atoms. The third-order valence-corrected chi connectivity index (χ3v) is 4.30. The van der Waals surface area contributed by atoms with Crippen LogP contribution >= 0.6 is 11.3 Å². The van der Waals surface area contributed by atoms with Gasteiger partial charge in [-0.15, -0.1) is 11.3 Å². The van der Waals surface area contributed by atoms with Gasteiger partial charge in [0.25, 0.3) is 0 Å². The Bertz CT molecular complexity index is 796. The number of nitrogens with zero attached hydrogens (tertiary/aromatic N) is 2. The van der Waals surface area contributed by atoms with Crippen LogP contribution in [0.1, 0.15) is 33.0 Å². The number of amides is 1. The largest absolute Gasteiger partial charge is 0.465 e. The number of rotatable bonds is 5. The van der Waals surface area contributed by atoms with Crippen LogP contribution in [0.5, 0.6) is 0 Å². The monoisotopic (exact) mass is 375 g/mol. The number of thiophene rings is 1. The molecule has 6 nitrogen and oxygen atoms in total. The molecule has 0 unspecified atom stereocenters. The summed E-state index contributed by atoms with van der Waals surface area (Å²) in [7, 11) is 1.24. The first-order valence-corrected chi connectivity index (χ1v) is 8.03. The van der Waals surface area contributed by atoms with E-state index in [1.54, 1.807) is 13.0 Å². The minimum absolute atomic E-state index is 0.00827. The summed E-state index contributed by atoms with van der Waals surface area (Å²) in [4.78, 5) is 24.5. The number of alkyl halides is 3. The number of nitrogens with one attached hydrogen (secondary N) is 1. The quantitative estimate of drug-likeness (QED) is 0.813. The SMILES string of the molecule is COC(=O)c1cc(C)sc1NC(=O)CCn1nc(C(F)(F)F)cc1C. The normalized spacial score (nSPS) is 11.4. The number of halogens is 3. The second-order valence-electron chi connectivity index (χ2n) is 5.28. The molecule has 0 aromatic carbocycles. The van der Waals surface area contributed by atoms with Crippen LogP contribution in [0.15, 0.2) is 12.1 Å². The van der Waals surface area contributed by atoms with Gasteiger partial charge in [-0.3, -0.25) is 9.48 Å². The zero-order chi connectivity index (χ0) is 18.8. The molecule has 2 aromatic heterocycles. The van der Waals surface area contributed by atoms with Crippen molar-refractivity contribution in [3.8, 4) is 0 Å². The van der Waals surface area contributed by atoms with Crippen LogP contribution in [0.25, 0.3) is 0 Å². The second-order valence-corrected chi connectivity index (χ2v) is 6.54. The number of aryl methyl sites for hydroxylation is 3. The van der Waals surface area contributed by atoms with Crippen molar-refractivity contribution >= 4 is 28.2 Å². The molecule has 2 aromatic rings. The van der Waals surface area contributed by atoms with Gasteiger partial charge in [-0.2, -0.15) is 18.3 Å². The predicted octanol–water partition coefficient (Wildman–Crippen LogP) is 3.40. The fourth-order valence-electron chi connectivity index (χ4n) is 2.14. The zero-order valence-electron chi connectivity index (χ0n) is 13.7.